The van der Waals surface area contributed by atoms with E-state index in [2.05, 4.69) is 25.7 Å². The van der Waals surface area contributed by atoms with Gasteiger partial charge < -0.3 is 15.4 Å². The molecule has 0 bridgehead atoms. The van der Waals surface area contributed by atoms with Crippen LogP contribution in [-0.2, 0) is 17.6 Å². The Morgan fingerprint density at radius 1 is 1.26 bits per heavy atom. The number of nitrogens with zero attached hydrogens (tertiary/aromatic N) is 4. The number of aromatic nitrogens is 4. The molecule has 1 atom stereocenters. The molecule has 0 aromatic carbocycles. The van der Waals surface area contributed by atoms with Gasteiger partial charge in [0.25, 0.3) is 17.6 Å². The number of carbonyl (C=O) groups is 2. The highest BCUT2D eigenvalue weighted by molar-refractivity contribution is 7.17. The molecule has 3 aromatic heterocycles. The smallest absolute Gasteiger partial charge is 0.296 e. The normalized spacial score (nSPS) is 18.2. The molecule has 162 valence electrons. The first-order valence-electron chi connectivity index (χ1n) is 10.6. The van der Waals surface area contributed by atoms with E-state index in [-0.39, 0.29) is 17.8 Å². The molecular formula is C21H24N6O3S. The number of aryl methyl sites for hydroxylation is 2. The summed E-state index contributed by atoms with van der Waals surface area (Å²) in [5.41, 5.74) is 2.46. The Morgan fingerprint density at radius 3 is 2.94 bits per heavy atom. The van der Waals surface area contributed by atoms with Gasteiger partial charge in [0.2, 0.25) is 5.82 Å². The lowest BCUT2D eigenvalue weighted by Gasteiger charge is -2.15. The summed E-state index contributed by atoms with van der Waals surface area (Å²) in [4.78, 5) is 35.6. The number of hydrogen-bond donors (Lipinski definition) is 2. The second-order valence-electron chi connectivity index (χ2n) is 7.95. The van der Waals surface area contributed by atoms with E-state index in [1.165, 1.54) is 20.7 Å². The minimum atomic E-state index is -0.448. The summed E-state index contributed by atoms with van der Waals surface area (Å²) in [5, 5.41) is 10.7. The molecular weight excluding hydrogens is 416 g/mol. The van der Waals surface area contributed by atoms with E-state index in [4.69, 9.17) is 4.74 Å². The summed E-state index contributed by atoms with van der Waals surface area (Å²) in [6, 6.07) is 1.80. The van der Waals surface area contributed by atoms with E-state index in [0.717, 1.165) is 56.4 Å². The first kappa shape index (κ1) is 20.1. The fraction of sp³-hybridized carbons (Fsp3) is 0.476. The Morgan fingerprint density at radius 2 is 2.13 bits per heavy atom. The van der Waals surface area contributed by atoms with Crippen molar-refractivity contribution in [2.75, 3.05) is 18.5 Å². The van der Waals surface area contributed by atoms with Crippen molar-refractivity contribution in [3.05, 3.63) is 39.8 Å². The minimum absolute atomic E-state index is 0.0267. The number of carbonyl (C=O) groups excluding carboxylic acids is 2. The van der Waals surface area contributed by atoms with Crippen LogP contribution < -0.4 is 10.6 Å². The van der Waals surface area contributed by atoms with Crippen molar-refractivity contribution in [1.82, 2.24) is 24.9 Å². The highest BCUT2D eigenvalue weighted by Gasteiger charge is 2.28. The van der Waals surface area contributed by atoms with Gasteiger partial charge in [-0.3, -0.25) is 9.59 Å². The molecule has 2 N–H and O–H groups in total. The summed E-state index contributed by atoms with van der Waals surface area (Å²) < 4.78 is 7.15. The van der Waals surface area contributed by atoms with Crippen LogP contribution in [0.5, 0.6) is 0 Å². The molecule has 1 saturated heterocycles. The molecule has 2 amide bonds. The zero-order chi connectivity index (χ0) is 21.4. The molecule has 3 aromatic rings. The zero-order valence-electron chi connectivity index (χ0n) is 17.3. The lowest BCUT2D eigenvalue weighted by Crippen LogP contribution is -2.32. The Hall–Kier alpha value is -2.85. The van der Waals surface area contributed by atoms with Gasteiger partial charge in [0.1, 0.15) is 5.00 Å². The van der Waals surface area contributed by atoms with Crippen molar-refractivity contribution < 1.29 is 14.3 Å². The summed E-state index contributed by atoms with van der Waals surface area (Å²) in [7, 11) is 0. The minimum Gasteiger partial charge on any atom is -0.376 e. The quantitative estimate of drug-likeness (QED) is 0.631. The molecule has 1 aliphatic carbocycles. The van der Waals surface area contributed by atoms with Gasteiger partial charge in [-0.25, -0.2) is 9.50 Å². The molecule has 1 aliphatic heterocycles. The average molecular weight is 441 g/mol. The topological polar surface area (TPSA) is 111 Å². The maximum Gasteiger partial charge on any atom is 0.296 e. The van der Waals surface area contributed by atoms with Crippen LogP contribution in [0.2, 0.25) is 0 Å². The van der Waals surface area contributed by atoms with Crippen LogP contribution in [0.25, 0.3) is 5.78 Å². The number of fused-ring (bicyclic) bond motifs is 2. The van der Waals surface area contributed by atoms with E-state index < -0.39 is 5.91 Å². The van der Waals surface area contributed by atoms with Crippen LogP contribution >= 0.6 is 11.3 Å². The molecule has 4 heterocycles. The summed E-state index contributed by atoms with van der Waals surface area (Å²) in [6.07, 6.45) is 7.59. The highest BCUT2D eigenvalue weighted by Crippen LogP contribution is 2.38. The third-order valence-electron chi connectivity index (χ3n) is 5.77. The number of ether oxygens (including phenoxy) is 1. The first-order valence-corrected chi connectivity index (χ1v) is 11.5. The average Bonchev–Trinajstić information content (AvgIpc) is 3.50. The van der Waals surface area contributed by atoms with E-state index in [1.807, 2.05) is 6.92 Å². The van der Waals surface area contributed by atoms with Crippen LogP contribution in [0, 0.1) is 6.92 Å². The van der Waals surface area contributed by atoms with E-state index >= 15 is 0 Å². The third kappa shape index (κ3) is 3.92. The molecule has 9 nitrogen and oxygen atoms in total. The fourth-order valence-corrected chi connectivity index (χ4v) is 5.44. The molecule has 2 aliphatic rings. The van der Waals surface area contributed by atoms with Gasteiger partial charge in [-0.15, -0.1) is 16.4 Å². The number of amides is 2. The van der Waals surface area contributed by atoms with E-state index in [1.54, 1.807) is 12.3 Å². The van der Waals surface area contributed by atoms with Gasteiger partial charge in [0, 0.05) is 29.9 Å². The van der Waals surface area contributed by atoms with Crippen molar-refractivity contribution in [3.63, 3.8) is 0 Å². The Bertz CT molecular complexity index is 1150. The van der Waals surface area contributed by atoms with Crippen LogP contribution in [0.15, 0.2) is 12.3 Å². The predicted octanol–water partition coefficient (Wildman–Crippen LogP) is 2.53. The molecule has 1 fully saturated rings. The lowest BCUT2D eigenvalue weighted by atomic mass is 9.95. The van der Waals surface area contributed by atoms with Gasteiger partial charge in [0.05, 0.1) is 11.7 Å². The van der Waals surface area contributed by atoms with Crippen LogP contribution in [0.3, 0.4) is 0 Å². The van der Waals surface area contributed by atoms with Crippen molar-refractivity contribution in [3.8, 4) is 0 Å². The number of hydrogen-bond acceptors (Lipinski definition) is 7. The summed E-state index contributed by atoms with van der Waals surface area (Å²) in [6.45, 7) is 3.10. The number of nitrogens with one attached hydrogen (secondary N) is 2. The lowest BCUT2D eigenvalue weighted by molar-refractivity contribution is 0.0858. The number of anilines is 1. The second-order valence-corrected chi connectivity index (χ2v) is 9.05. The van der Waals surface area contributed by atoms with Crippen LogP contribution in [-0.4, -0.2) is 50.7 Å². The molecule has 0 unspecified atom stereocenters. The molecule has 31 heavy (non-hydrogen) atoms. The van der Waals surface area contributed by atoms with Crippen molar-refractivity contribution in [2.24, 2.45) is 0 Å². The van der Waals surface area contributed by atoms with Crippen molar-refractivity contribution >= 4 is 33.9 Å². The van der Waals surface area contributed by atoms with Gasteiger partial charge in [-0.2, -0.15) is 4.98 Å². The Kier molecular flexibility index (Phi) is 5.41. The van der Waals surface area contributed by atoms with Crippen molar-refractivity contribution in [1.29, 1.82) is 0 Å². The summed E-state index contributed by atoms with van der Waals surface area (Å²) >= 11 is 1.48. The van der Waals surface area contributed by atoms with Gasteiger partial charge in [-0.1, -0.05) is 0 Å². The van der Waals surface area contributed by atoms with Crippen LogP contribution in [0.1, 0.15) is 62.8 Å². The Balaban J connectivity index is 1.40. The van der Waals surface area contributed by atoms with E-state index in [9.17, 15) is 9.59 Å². The Labute approximate surface area is 183 Å². The monoisotopic (exact) mass is 440 g/mol. The van der Waals surface area contributed by atoms with Crippen LogP contribution in [0.4, 0.5) is 5.00 Å². The largest absolute Gasteiger partial charge is 0.376 e. The fourth-order valence-electron chi connectivity index (χ4n) is 4.16. The summed E-state index contributed by atoms with van der Waals surface area (Å²) in [5.74, 6) is -0.216. The SMILES string of the molecule is Cc1ccnc2nc(C(=O)Nc3sc4c(c3C(=O)NC[C@@H]3CCCO3)CCCC4)nn12. The standard InChI is InChI=1S/C21H24N6O3S/c1-12-8-9-22-21-24-17(26-27(12)21)19(29)25-20-16(14-6-2-3-7-15(14)31-20)18(28)23-11-13-5-4-10-30-13/h8-9,13H,2-7,10-11H2,1H3,(H,23,28)(H,25,29)/t13-/m0/s1. The second kappa shape index (κ2) is 8.35. The maximum atomic E-state index is 13.1. The number of rotatable bonds is 5. The van der Waals surface area contributed by atoms with Crippen molar-refractivity contribution in [2.45, 2.75) is 51.6 Å². The van der Waals surface area contributed by atoms with Gasteiger partial charge in [-0.05, 0) is 57.1 Å². The third-order valence-corrected chi connectivity index (χ3v) is 6.98. The molecule has 0 spiro atoms. The highest BCUT2D eigenvalue weighted by atomic mass is 32.1. The first-order chi connectivity index (χ1) is 15.1. The van der Waals surface area contributed by atoms with Gasteiger partial charge in [0.15, 0.2) is 0 Å². The molecule has 10 heteroatoms. The zero-order valence-corrected chi connectivity index (χ0v) is 18.1. The molecule has 5 rings (SSSR count). The maximum absolute atomic E-state index is 13.1. The van der Waals surface area contributed by atoms with E-state index in [0.29, 0.717) is 22.9 Å². The molecule has 0 radical (unpaired) electrons. The molecule has 0 saturated carbocycles. The number of thiophene rings is 1. The predicted molar refractivity (Wildman–Crippen MR) is 116 cm³/mol. The van der Waals surface area contributed by atoms with Gasteiger partial charge >= 0.3 is 0 Å².